The van der Waals surface area contributed by atoms with Crippen molar-refractivity contribution < 1.29 is 28.2 Å². The molecule has 0 unspecified atom stereocenters. The molecule has 1 aliphatic heterocycles. The highest BCUT2D eigenvalue weighted by Gasteiger charge is 2.38. The normalized spacial score (nSPS) is 22.9. The van der Waals surface area contributed by atoms with E-state index < -0.39 is 28.3 Å². The standard InChI is InChI=1S/C21H30N2O6S/c1-14-11-23(15(2)13-24)30(27,28)21-9-8-18(7-6-16(3)25)10-19(21)29-20(14)12-22(5)17(4)26/h8-10,14-16,20,24-25H,11-13H2,1-5H3/t14-,15+,16+,20+/m1/s1. The van der Waals surface area contributed by atoms with Gasteiger partial charge in [-0.15, -0.1) is 0 Å². The molecule has 2 rings (SSSR count). The van der Waals surface area contributed by atoms with Crippen LogP contribution in [-0.2, 0) is 14.8 Å². The van der Waals surface area contributed by atoms with Crippen LogP contribution in [0.15, 0.2) is 23.1 Å². The summed E-state index contributed by atoms with van der Waals surface area (Å²) in [5, 5.41) is 19.0. The first-order valence-corrected chi connectivity index (χ1v) is 11.3. The van der Waals surface area contributed by atoms with Crippen LogP contribution in [0.5, 0.6) is 5.75 Å². The van der Waals surface area contributed by atoms with E-state index in [1.54, 1.807) is 20.0 Å². The number of hydrogen-bond acceptors (Lipinski definition) is 6. The molecule has 0 saturated heterocycles. The minimum Gasteiger partial charge on any atom is -0.487 e. The second-order valence-corrected chi connectivity index (χ2v) is 9.61. The smallest absolute Gasteiger partial charge is 0.247 e. The van der Waals surface area contributed by atoms with Gasteiger partial charge in [-0.05, 0) is 32.0 Å². The van der Waals surface area contributed by atoms with Crippen LogP contribution in [0, 0.1) is 17.8 Å². The maximum atomic E-state index is 13.3. The summed E-state index contributed by atoms with van der Waals surface area (Å²) in [6.45, 7) is 6.59. The van der Waals surface area contributed by atoms with Gasteiger partial charge in [0.1, 0.15) is 22.9 Å². The van der Waals surface area contributed by atoms with Gasteiger partial charge in [-0.1, -0.05) is 18.8 Å². The molecule has 8 nitrogen and oxygen atoms in total. The number of aliphatic hydroxyl groups is 2. The number of likely N-dealkylation sites (N-methyl/N-ethyl adjacent to an activating group) is 1. The summed E-state index contributed by atoms with van der Waals surface area (Å²) in [7, 11) is -2.27. The molecule has 1 aromatic carbocycles. The van der Waals surface area contributed by atoms with Crippen molar-refractivity contribution in [3.05, 3.63) is 23.8 Å². The van der Waals surface area contributed by atoms with Gasteiger partial charge in [-0.2, -0.15) is 4.31 Å². The monoisotopic (exact) mass is 438 g/mol. The topological polar surface area (TPSA) is 107 Å². The zero-order valence-electron chi connectivity index (χ0n) is 18.0. The summed E-state index contributed by atoms with van der Waals surface area (Å²) in [6.07, 6.45) is -1.30. The second-order valence-electron chi connectivity index (χ2n) is 7.75. The van der Waals surface area contributed by atoms with Crippen molar-refractivity contribution in [3.63, 3.8) is 0 Å². The van der Waals surface area contributed by atoms with Crippen LogP contribution in [0.3, 0.4) is 0 Å². The van der Waals surface area contributed by atoms with Gasteiger partial charge < -0.3 is 19.8 Å². The summed E-state index contributed by atoms with van der Waals surface area (Å²) in [5.41, 5.74) is 0.499. The zero-order chi connectivity index (χ0) is 22.6. The highest BCUT2D eigenvalue weighted by atomic mass is 32.2. The molecule has 1 amide bonds. The fourth-order valence-corrected chi connectivity index (χ4v) is 4.93. The summed E-state index contributed by atoms with van der Waals surface area (Å²) in [5.74, 6) is 5.17. The lowest BCUT2D eigenvalue weighted by molar-refractivity contribution is -0.129. The maximum absolute atomic E-state index is 13.3. The first kappa shape index (κ1) is 24.2. The molecule has 9 heteroatoms. The maximum Gasteiger partial charge on any atom is 0.247 e. The number of carbonyl (C=O) groups is 1. The van der Waals surface area contributed by atoms with Gasteiger partial charge in [0.15, 0.2) is 0 Å². The Morgan fingerprint density at radius 1 is 1.40 bits per heavy atom. The zero-order valence-corrected chi connectivity index (χ0v) is 18.8. The van der Waals surface area contributed by atoms with Crippen molar-refractivity contribution in [2.45, 2.75) is 50.8 Å². The molecule has 1 aliphatic rings. The molecule has 0 spiro atoms. The molecule has 0 aromatic heterocycles. The van der Waals surface area contributed by atoms with Gasteiger partial charge in [-0.25, -0.2) is 8.42 Å². The van der Waals surface area contributed by atoms with E-state index in [0.29, 0.717) is 5.56 Å². The molecule has 0 fully saturated rings. The fourth-order valence-electron chi connectivity index (χ4n) is 3.11. The molecule has 0 aliphatic carbocycles. The summed E-state index contributed by atoms with van der Waals surface area (Å²) < 4.78 is 34.1. The Labute approximate surface area is 178 Å². The second kappa shape index (κ2) is 9.79. The number of benzene rings is 1. The van der Waals surface area contributed by atoms with Crippen molar-refractivity contribution >= 4 is 15.9 Å². The van der Waals surface area contributed by atoms with Gasteiger partial charge in [-0.3, -0.25) is 4.79 Å². The Morgan fingerprint density at radius 2 is 2.07 bits per heavy atom. The molecule has 0 bridgehead atoms. The van der Waals surface area contributed by atoms with Gasteiger partial charge >= 0.3 is 0 Å². The molecule has 30 heavy (non-hydrogen) atoms. The van der Waals surface area contributed by atoms with Crippen LogP contribution >= 0.6 is 0 Å². The molecule has 2 N–H and O–H groups in total. The lowest BCUT2D eigenvalue weighted by Gasteiger charge is -2.37. The molecule has 1 heterocycles. The van der Waals surface area contributed by atoms with E-state index in [1.807, 2.05) is 6.92 Å². The van der Waals surface area contributed by atoms with E-state index in [1.165, 1.54) is 35.2 Å². The average molecular weight is 439 g/mol. The van der Waals surface area contributed by atoms with Crippen molar-refractivity contribution in [1.29, 1.82) is 0 Å². The third-order valence-electron chi connectivity index (χ3n) is 5.08. The van der Waals surface area contributed by atoms with Crippen molar-refractivity contribution in [2.24, 2.45) is 5.92 Å². The third-order valence-corrected chi connectivity index (χ3v) is 7.10. The van der Waals surface area contributed by atoms with Crippen LogP contribution in [-0.4, -0.2) is 78.7 Å². The number of sulfonamides is 1. The van der Waals surface area contributed by atoms with E-state index in [0.717, 1.165) is 0 Å². The largest absolute Gasteiger partial charge is 0.487 e. The van der Waals surface area contributed by atoms with Crippen LogP contribution < -0.4 is 4.74 Å². The van der Waals surface area contributed by atoms with Gasteiger partial charge in [0.05, 0.1) is 13.2 Å². The Morgan fingerprint density at radius 3 is 2.63 bits per heavy atom. The summed E-state index contributed by atoms with van der Waals surface area (Å²) >= 11 is 0. The Hall–Kier alpha value is -2.12. The molecular weight excluding hydrogens is 408 g/mol. The number of amides is 1. The molecule has 0 saturated carbocycles. The minimum absolute atomic E-state index is 0.0206. The number of carbonyl (C=O) groups excluding carboxylic acids is 1. The lowest BCUT2D eigenvalue weighted by Crippen LogP contribution is -2.50. The SMILES string of the molecule is CC(=O)N(C)C[C@@H]1Oc2cc(C#C[C@H](C)O)ccc2S(=O)(=O)N([C@@H](C)CO)C[C@H]1C. The molecule has 4 atom stereocenters. The first-order valence-electron chi connectivity index (χ1n) is 9.82. The highest BCUT2D eigenvalue weighted by Crippen LogP contribution is 2.34. The van der Waals surface area contributed by atoms with E-state index >= 15 is 0 Å². The first-order chi connectivity index (χ1) is 14.0. The molecule has 0 radical (unpaired) electrons. The van der Waals surface area contributed by atoms with Gasteiger partial charge in [0.2, 0.25) is 15.9 Å². The Balaban J connectivity index is 2.60. The lowest BCUT2D eigenvalue weighted by atomic mass is 10.0. The Kier molecular flexibility index (Phi) is 7.88. The van der Waals surface area contributed by atoms with E-state index in [-0.39, 0.29) is 42.2 Å². The van der Waals surface area contributed by atoms with Crippen LogP contribution in [0.25, 0.3) is 0 Å². The van der Waals surface area contributed by atoms with Crippen molar-refractivity contribution in [1.82, 2.24) is 9.21 Å². The number of nitrogens with zero attached hydrogens (tertiary/aromatic N) is 2. The van der Waals surface area contributed by atoms with E-state index in [2.05, 4.69) is 11.8 Å². The molecule has 1 aromatic rings. The minimum atomic E-state index is -3.93. The van der Waals surface area contributed by atoms with Crippen molar-refractivity contribution in [2.75, 3.05) is 26.7 Å². The van der Waals surface area contributed by atoms with Crippen molar-refractivity contribution in [3.8, 4) is 17.6 Å². The third kappa shape index (κ3) is 5.52. The fraction of sp³-hybridized carbons (Fsp3) is 0.571. The average Bonchev–Trinajstić information content (AvgIpc) is 2.68. The number of fused-ring (bicyclic) bond motifs is 1. The van der Waals surface area contributed by atoms with Crippen LogP contribution in [0.2, 0.25) is 0 Å². The Bertz CT molecular complexity index is 935. The van der Waals surface area contributed by atoms with Crippen LogP contribution in [0.4, 0.5) is 0 Å². The summed E-state index contributed by atoms with van der Waals surface area (Å²) in [6, 6.07) is 3.89. The molecule has 166 valence electrons. The quantitative estimate of drug-likeness (QED) is 0.669. The number of hydrogen-bond donors (Lipinski definition) is 2. The molecular formula is C21H30N2O6S. The van der Waals surface area contributed by atoms with E-state index in [4.69, 9.17) is 4.74 Å². The number of rotatable bonds is 4. The predicted octanol–water partition coefficient (Wildman–Crippen LogP) is 0.666. The predicted molar refractivity (Wildman–Crippen MR) is 112 cm³/mol. The number of ether oxygens (including phenoxy) is 1. The van der Waals surface area contributed by atoms with Gasteiger partial charge in [0.25, 0.3) is 0 Å². The van der Waals surface area contributed by atoms with Gasteiger partial charge in [0, 0.05) is 38.0 Å². The highest BCUT2D eigenvalue weighted by molar-refractivity contribution is 7.89. The van der Waals surface area contributed by atoms with Crippen LogP contribution in [0.1, 0.15) is 33.3 Å². The summed E-state index contributed by atoms with van der Waals surface area (Å²) in [4.78, 5) is 13.2. The van der Waals surface area contributed by atoms with E-state index in [9.17, 15) is 23.4 Å². The number of aliphatic hydroxyl groups excluding tert-OH is 2.